The summed E-state index contributed by atoms with van der Waals surface area (Å²) in [5.74, 6) is -2.20. The number of aryl methyl sites for hydroxylation is 1. The number of nitrogens with one attached hydrogen (secondary N) is 2. The number of rotatable bonds is 18. The van der Waals surface area contributed by atoms with E-state index in [0.29, 0.717) is 18.4 Å². The normalized spacial score (nSPS) is 14.1. The van der Waals surface area contributed by atoms with Gasteiger partial charge < -0.3 is 30.1 Å². The number of carbonyl (C=O) groups is 4. The fourth-order valence-electron chi connectivity index (χ4n) is 5.74. The molecular formula is C41H63N3O7. The third-order valence-electron chi connectivity index (χ3n) is 8.60. The van der Waals surface area contributed by atoms with Gasteiger partial charge in [0, 0.05) is 18.5 Å². The Morgan fingerprint density at radius 3 is 2.00 bits per heavy atom. The van der Waals surface area contributed by atoms with E-state index in [2.05, 4.69) is 17.6 Å². The van der Waals surface area contributed by atoms with Crippen LogP contribution in [0.1, 0.15) is 130 Å². The Balaban J connectivity index is 2.70. The van der Waals surface area contributed by atoms with Gasteiger partial charge in [-0.05, 0) is 71.9 Å². The second kappa shape index (κ2) is 20.1. The first-order chi connectivity index (χ1) is 23.9. The van der Waals surface area contributed by atoms with Crippen LogP contribution in [0.4, 0.5) is 4.79 Å². The SMILES string of the molecule is CCCCCCCCN(C(=O)C(NC(=O)OC(C)(C)C)C(C)CC)C(C(=O)NC(Cc1ccccc1)C(=O)OC(C)(C)C)c1cccc(C)c1O. The molecule has 0 radical (unpaired) electrons. The topological polar surface area (TPSA) is 134 Å². The predicted molar refractivity (Wildman–Crippen MR) is 201 cm³/mol. The number of hydrogen-bond acceptors (Lipinski definition) is 7. The number of para-hydroxylation sites is 1. The molecule has 2 aromatic carbocycles. The van der Waals surface area contributed by atoms with Crippen molar-refractivity contribution in [1.82, 2.24) is 15.5 Å². The number of ether oxygens (including phenoxy) is 2. The van der Waals surface area contributed by atoms with Crippen LogP contribution < -0.4 is 10.6 Å². The molecule has 10 heteroatoms. The highest BCUT2D eigenvalue weighted by Gasteiger charge is 2.40. The summed E-state index contributed by atoms with van der Waals surface area (Å²) >= 11 is 0. The van der Waals surface area contributed by atoms with E-state index < -0.39 is 53.2 Å². The van der Waals surface area contributed by atoms with E-state index in [0.717, 1.165) is 37.7 Å². The van der Waals surface area contributed by atoms with Crippen molar-refractivity contribution in [3.63, 3.8) is 0 Å². The average molecular weight is 710 g/mol. The van der Waals surface area contributed by atoms with Crippen LogP contribution in [0.2, 0.25) is 0 Å². The summed E-state index contributed by atoms with van der Waals surface area (Å²) in [5, 5.41) is 17.1. The van der Waals surface area contributed by atoms with Crippen molar-refractivity contribution in [3.8, 4) is 5.75 Å². The van der Waals surface area contributed by atoms with Crippen molar-refractivity contribution in [3.05, 3.63) is 65.2 Å². The third-order valence-corrected chi connectivity index (χ3v) is 8.60. The molecule has 0 saturated carbocycles. The zero-order valence-electron chi connectivity index (χ0n) is 32.6. The molecule has 4 atom stereocenters. The molecule has 0 aromatic heterocycles. The summed E-state index contributed by atoms with van der Waals surface area (Å²) in [5.41, 5.74) is -0.0646. The van der Waals surface area contributed by atoms with Gasteiger partial charge in [-0.1, -0.05) is 108 Å². The Morgan fingerprint density at radius 2 is 1.41 bits per heavy atom. The van der Waals surface area contributed by atoms with E-state index in [1.807, 2.05) is 44.2 Å². The molecule has 10 nitrogen and oxygen atoms in total. The lowest BCUT2D eigenvalue weighted by atomic mass is 9.94. The quantitative estimate of drug-likeness (QED) is 0.106. The predicted octanol–water partition coefficient (Wildman–Crippen LogP) is 7.94. The van der Waals surface area contributed by atoms with Crippen LogP contribution >= 0.6 is 0 Å². The molecule has 0 aliphatic carbocycles. The first-order valence-corrected chi connectivity index (χ1v) is 18.5. The Morgan fingerprint density at radius 1 is 0.804 bits per heavy atom. The number of benzene rings is 2. The van der Waals surface area contributed by atoms with E-state index >= 15 is 0 Å². The smallest absolute Gasteiger partial charge is 0.408 e. The number of amides is 3. The van der Waals surface area contributed by atoms with Gasteiger partial charge in [0.2, 0.25) is 11.8 Å². The zero-order valence-corrected chi connectivity index (χ0v) is 32.6. The maximum atomic E-state index is 14.8. The summed E-state index contributed by atoms with van der Waals surface area (Å²) in [6.45, 7) is 18.3. The summed E-state index contributed by atoms with van der Waals surface area (Å²) in [6, 6.07) is 10.9. The molecule has 2 rings (SSSR count). The van der Waals surface area contributed by atoms with Gasteiger partial charge in [0.25, 0.3) is 0 Å². The largest absolute Gasteiger partial charge is 0.507 e. The van der Waals surface area contributed by atoms with E-state index in [-0.39, 0.29) is 30.2 Å². The zero-order chi connectivity index (χ0) is 38.4. The fourth-order valence-corrected chi connectivity index (χ4v) is 5.74. The molecule has 3 N–H and O–H groups in total. The Kier molecular flexibility index (Phi) is 17.0. The summed E-state index contributed by atoms with van der Waals surface area (Å²) in [4.78, 5) is 57.7. The molecule has 0 heterocycles. The molecule has 0 bridgehead atoms. The Bertz CT molecular complexity index is 1410. The standard InChI is InChI=1S/C41H63N3O7/c1-11-13-14-15-16-20-26-44(37(47)33(28(3)12-2)43-39(49)51-41(8,9)10)34(31-25-21-22-29(4)35(31)45)36(46)42-32(38(48)50-40(5,6)7)27-30-23-18-17-19-24-30/h17-19,21-25,28,32-34,45H,11-16,20,26-27H2,1-10H3,(H,42,46)(H,43,49). The van der Waals surface area contributed by atoms with Crippen LogP contribution in [-0.2, 0) is 30.3 Å². The lowest BCUT2D eigenvalue weighted by Gasteiger charge is -2.37. The van der Waals surface area contributed by atoms with Gasteiger partial charge in [0.05, 0.1) is 0 Å². The molecule has 0 spiro atoms. The molecule has 4 unspecified atom stereocenters. The van der Waals surface area contributed by atoms with E-state index in [1.165, 1.54) is 4.90 Å². The second-order valence-electron chi connectivity index (χ2n) is 15.5. The molecule has 3 amide bonds. The van der Waals surface area contributed by atoms with Gasteiger partial charge in [0.1, 0.15) is 35.1 Å². The lowest BCUT2D eigenvalue weighted by Crippen LogP contribution is -2.56. The molecule has 0 aliphatic heterocycles. The highest BCUT2D eigenvalue weighted by Crippen LogP contribution is 2.33. The maximum Gasteiger partial charge on any atom is 0.408 e. The van der Waals surface area contributed by atoms with Gasteiger partial charge in [-0.2, -0.15) is 0 Å². The molecule has 0 aliphatic rings. The molecule has 0 saturated heterocycles. The number of phenolic OH excluding ortho intramolecular Hbond substituents is 1. The van der Waals surface area contributed by atoms with Crippen LogP contribution in [0.15, 0.2) is 48.5 Å². The van der Waals surface area contributed by atoms with Gasteiger partial charge in [-0.15, -0.1) is 0 Å². The van der Waals surface area contributed by atoms with Crippen LogP contribution in [0.3, 0.4) is 0 Å². The number of alkyl carbamates (subject to hydrolysis) is 1. The molecule has 2 aromatic rings. The number of carbonyl (C=O) groups excluding carboxylic acids is 4. The van der Waals surface area contributed by atoms with Gasteiger partial charge in [0.15, 0.2) is 0 Å². The minimum Gasteiger partial charge on any atom is -0.507 e. The lowest BCUT2D eigenvalue weighted by molar-refractivity contribution is -0.159. The van der Waals surface area contributed by atoms with Gasteiger partial charge in [-0.25, -0.2) is 9.59 Å². The monoisotopic (exact) mass is 709 g/mol. The van der Waals surface area contributed by atoms with E-state index in [9.17, 15) is 24.3 Å². The molecular weight excluding hydrogens is 646 g/mol. The Hall–Kier alpha value is -4.08. The number of nitrogens with zero attached hydrogens (tertiary/aromatic N) is 1. The highest BCUT2D eigenvalue weighted by molar-refractivity contribution is 5.94. The number of hydrogen-bond donors (Lipinski definition) is 3. The first-order valence-electron chi connectivity index (χ1n) is 18.5. The number of unbranched alkanes of at least 4 members (excludes halogenated alkanes) is 5. The van der Waals surface area contributed by atoms with Crippen molar-refractivity contribution in [2.45, 2.75) is 150 Å². The van der Waals surface area contributed by atoms with Crippen LogP contribution in [0, 0.1) is 12.8 Å². The second-order valence-corrected chi connectivity index (χ2v) is 15.5. The van der Waals surface area contributed by atoms with Crippen molar-refractivity contribution in [2.75, 3.05) is 6.54 Å². The number of phenols is 1. The minimum absolute atomic E-state index is 0.129. The maximum absolute atomic E-state index is 14.8. The van der Waals surface area contributed by atoms with Gasteiger partial charge in [-0.3, -0.25) is 9.59 Å². The molecule has 51 heavy (non-hydrogen) atoms. The summed E-state index contributed by atoms with van der Waals surface area (Å²) in [7, 11) is 0. The average Bonchev–Trinajstić information content (AvgIpc) is 3.04. The van der Waals surface area contributed by atoms with Crippen molar-refractivity contribution < 1.29 is 33.8 Å². The summed E-state index contributed by atoms with van der Waals surface area (Å²) < 4.78 is 11.3. The fraction of sp³-hybridized carbons (Fsp3) is 0.610. The van der Waals surface area contributed by atoms with E-state index in [1.54, 1.807) is 66.7 Å². The molecule has 284 valence electrons. The number of esters is 1. The highest BCUT2D eigenvalue weighted by atomic mass is 16.6. The number of aromatic hydroxyl groups is 1. The van der Waals surface area contributed by atoms with Crippen LogP contribution in [-0.4, -0.2) is 63.7 Å². The Labute approximate surface area is 306 Å². The van der Waals surface area contributed by atoms with Gasteiger partial charge >= 0.3 is 12.1 Å². The van der Waals surface area contributed by atoms with E-state index in [4.69, 9.17) is 9.47 Å². The van der Waals surface area contributed by atoms with Crippen LogP contribution in [0.25, 0.3) is 0 Å². The minimum atomic E-state index is -1.33. The first kappa shape index (κ1) is 43.1. The van der Waals surface area contributed by atoms with Crippen molar-refractivity contribution in [2.24, 2.45) is 5.92 Å². The van der Waals surface area contributed by atoms with Crippen molar-refractivity contribution >= 4 is 23.9 Å². The van der Waals surface area contributed by atoms with Crippen LogP contribution in [0.5, 0.6) is 5.75 Å². The molecule has 0 fully saturated rings. The van der Waals surface area contributed by atoms with Crippen molar-refractivity contribution in [1.29, 1.82) is 0 Å². The summed E-state index contributed by atoms with van der Waals surface area (Å²) in [6.07, 6.45) is 5.59. The third kappa shape index (κ3) is 14.6.